The van der Waals surface area contributed by atoms with Crippen molar-refractivity contribution in [2.75, 3.05) is 17.2 Å². The van der Waals surface area contributed by atoms with Gasteiger partial charge in [0.05, 0.1) is 17.1 Å². The molecule has 0 spiro atoms. The number of carbonyl (C=O) groups excluding carboxylic acids is 3. The van der Waals surface area contributed by atoms with Crippen LogP contribution in [0.4, 0.5) is 11.4 Å². The maximum atomic E-state index is 11.9. The predicted octanol–water partition coefficient (Wildman–Crippen LogP) is 4.20. The second kappa shape index (κ2) is 9.94. The summed E-state index contributed by atoms with van der Waals surface area (Å²) < 4.78 is 4.86. The average molecular weight is 409 g/mol. The second-order valence-electron chi connectivity index (χ2n) is 5.75. The van der Waals surface area contributed by atoms with E-state index >= 15 is 0 Å². The number of nitrogens with one attached hydrogen (secondary N) is 2. The third-order valence-electron chi connectivity index (χ3n) is 3.42. The molecule has 0 saturated heterocycles. The summed E-state index contributed by atoms with van der Waals surface area (Å²) in [7, 11) is 0. The molecular formula is C19H18Cl2N2O4. The summed E-state index contributed by atoms with van der Waals surface area (Å²) in [6.45, 7) is 1.43. The first-order valence-electron chi connectivity index (χ1n) is 8.10. The molecule has 0 aromatic heterocycles. The van der Waals surface area contributed by atoms with Crippen LogP contribution in [0.5, 0.6) is 0 Å². The third-order valence-corrected chi connectivity index (χ3v) is 3.99. The number of hydrogen-bond donors (Lipinski definition) is 2. The van der Waals surface area contributed by atoms with Crippen LogP contribution in [0.1, 0.15) is 18.4 Å². The van der Waals surface area contributed by atoms with Gasteiger partial charge in [0.25, 0.3) is 5.91 Å². The number of aryl methyl sites for hydroxylation is 1. The fraction of sp³-hybridized carbons (Fsp3) is 0.211. The van der Waals surface area contributed by atoms with Crippen LogP contribution in [0, 0.1) is 6.92 Å². The van der Waals surface area contributed by atoms with E-state index in [-0.39, 0.29) is 18.7 Å². The third kappa shape index (κ3) is 7.29. The van der Waals surface area contributed by atoms with E-state index in [2.05, 4.69) is 10.6 Å². The summed E-state index contributed by atoms with van der Waals surface area (Å²) in [5.74, 6) is -1.52. The molecule has 0 radical (unpaired) electrons. The van der Waals surface area contributed by atoms with E-state index < -0.39 is 18.5 Å². The number of ether oxygens (including phenoxy) is 1. The summed E-state index contributed by atoms with van der Waals surface area (Å²) in [6, 6.07) is 11.9. The normalized spacial score (nSPS) is 10.2. The highest BCUT2D eigenvalue weighted by Gasteiger charge is 2.12. The Kier molecular flexibility index (Phi) is 7.64. The molecule has 0 bridgehead atoms. The van der Waals surface area contributed by atoms with Crippen LogP contribution >= 0.6 is 23.2 Å². The summed E-state index contributed by atoms with van der Waals surface area (Å²) in [4.78, 5) is 35.4. The molecule has 2 rings (SSSR count). The lowest BCUT2D eigenvalue weighted by Gasteiger charge is -2.09. The Balaban J connectivity index is 1.71. The van der Waals surface area contributed by atoms with Gasteiger partial charge in [-0.1, -0.05) is 35.3 Å². The molecule has 0 heterocycles. The molecule has 8 heteroatoms. The van der Waals surface area contributed by atoms with Gasteiger partial charge in [-0.05, 0) is 42.8 Å². The number of amides is 2. The van der Waals surface area contributed by atoms with Crippen molar-refractivity contribution in [1.29, 1.82) is 0 Å². The van der Waals surface area contributed by atoms with Crippen LogP contribution in [-0.4, -0.2) is 24.4 Å². The fourth-order valence-corrected chi connectivity index (χ4v) is 2.50. The van der Waals surface area contributed by atoms with Gasteiger partial charge < -0.3 is 15.4 Å². The molecule has 0 unspecified atom stereocenters. The minimum atomic E-state index is -0.651. The number of anilines is 2. The SMILES string of the molecule is Cc1cccc(NC(=O)CCC(=O)OCC(=O)Nc2cc(Cl)ccc2Cl)c1. The van der Waals surface area contributed by atoms with Crippen molar-refractivity contribution in [3.05, 3.63) is 58.1 Å². The zero-order valence-corrected chi connectivity index (χ0v) is 16.1. The smallest absolute Gasteiger partial charge is 0.306 e. The van der Waals surface area contributed by atoms with E-state index in [1.54, 1.807) is 18.2 Å². The molecule has 0 atom stereocenters. The molecule has 0 saturated carbocycles. The lowest BCUT2D eigenvalue weighted by Crippen LogP contribution is -2.22. The number of halogens is 2. The van der Waals surface area contributed by atoms with Crippen molar-refractivity contribution in [1.82, 2.24) is 0 Å². The zero-order chi connectivity index (χ0) is 19.8. The maximum Gasteiger partial charge on any atom is 0.306 e. The first-order chi connectivity index (χ1) is 12.8. The van der Waals surface area contributed by atoms with Gasteiger partial charge in [0, 0.05) is 17.1 Å². The van der Waals surface area contributed by atoms with Gasteiger partial charge in [-0.2, -0.15) is 0 Å². The van der Waals surface area contributed by atoms with Crippen molar-refractivity contribution in [3.8, 4) is 0 Å². The van der Waals surface area contributed by atoms with E-state index in [1.165, 1.54) is 6.07 Å². The molecule has 142 valence electrons. The quantitative estimate of drug-likeness (QED) is 0.672. The van der Waals surface area contributed by atoms with Crippen molar-refractivity contribution in [2.24, 2.45) is 0 Å². The monoisotopic (exact) mass is 408 g/mol. The van der Waals surface area contributed by atoms with Crippen LogP contribution in [0.3, 0.4) is 0 Å². The van der Waals surface area contributed by atoms with Gasteiger partial charge in [-0.3, -0.25) is 14.4 Å². The number of rotatable bonds is 7. The standard InChI is InChI=1S/C19H18Cl2N2O4/c1-12-3-2-4-14(9-12)22-17(24)7-8-19(26)27-11-18(25)23-16-10-13(20)5-6-15(16)21/h2-6,9-10H,7-8,11H2,1H3,(H,22,24)(H,23,25). The Morgan fingerprint density at radius 2 is 1.74 bits per heavy atom. The highest BCUT2D eigenvalue weighted by molar-refractivity contribution is 6.35. The lowest BCUT2D eigenvalue weighted by atomic mass is 10.2. The topological polar surface area (TPSA) is 84.5 Å². The van der Waals surface area contributed by atoms with Gasteiger partial charge >= 0.3 is 5.97 Å². The Morgan fingerprint density at radius 1 is 0.963 bits per heavy atom. The number of hydrogen-bond acceptors (Lipinski definition) is 4. The number of benzene rings is 2. The molecule has 0 aliphatic heterocycles. The highest BCUT2D eigenvalue weighted by atomic mass is 35.5. The van der Waals surface area contributed by atoms with Crippen molar-refractivity contribution < 1.29 is 19.1 Å². The van der Waals surface area contributed by atoms with E-state index in [4.69, 9.17) is 27.9 Å². The molecule has 2 N–H and O–H groups in total. The Labute approximate surface area is 166 Å². The molecule has 27 heavy (non-hydrogen) atoms. The molecule has 0 fully saturated rings. The lowest BCUT2D eigenvalue weighted by molar-refractivity contribution is -0.147. The maximum absolute atomic E-state index is 11.9. The Hall–Kier alpha value is -2.57. The van der Waals surface area contributed by atoms with Crippen LogP contribution in [0.15, 0.2) is 42.5 Å². The summed E-state index contributed by atoms with van der Waals surface area (Å²) in [5.41, 5.74) is 1.99. The van der Waals surface area contributed by atoms with E-state index in [0.29, 0.717) is 21.4 Å². The highest BCUT2D eigenvalue weighted by Crippen LogP contribution is 2.25. The van der Waals surface area contributed by atoms with E-state index in [0.717, 1.165) is 5.56 Å². The average Bonchev–Trinajstić information content (AvgIpc) is 2.61. The van der Waals surface area contributed by atoms with Crippen LogP contribution < -0.4 is 10.6 Å². The van der Waals surface area contributed by atoms with Gasteiger partial charge in [-0.25, -0.2) is 0 Å². The Morgan fingerprint density at radius 3 is 2.48 bits per heavy atom. The molecule has 6 nitrogen and oxygen atoms in total. The van der Waals surface area contributed by atoms with Gasteiger partial charge in [0.2, 0.25) is 5.91 Å². The molecule has 2 aromatic carbocycles. The van der Waals surface area contributed by atoms with Gasteiger partial charge in [0.1, 0.15) is 0 Å². The first-order valence-corrected chi connectivity index (χ1v) is 8.86. The van der Waals surface area contributed by atoms with Crippen molar-refractivity contribution in [2.45, 2.75) is 19.8 Å². The number of esters is 1. The van der Waals surface area contributed by atoms with Crippen molar-refractivity contribution >= 4 is 52.4 Å². The molecular weight excluding hydrogens is 391 g/mol. The van der Waals surface area contributed by atoms with Crippen LogP contribution in [-0.2, 0) is 19.1 Å². The molecule has 2 amide bonds. The van der Waals surface area contributed by atoms with Crippen molar-refractivity contribution in [3.63, 3.8) is 0 Å². The van der Waals surface area contributed by atoms with E-state index in [9.17, 15) is 14.4 Å². The van der Waals surface area contributed by atoms with E-state index in [1.807, 2.05) is 25.1 Å². The van der Waals surface area contributed by atoms with Gasteiger partial charge in [-0.15, -0.1) is 0 Å². The predicted molar refractivity (Wildman–Crippen MR) is 105 cm³/mol. The summed E-state index contributed by atoms with van der Waals surface area (Å²) in [6.07, 6.45) is -0.183. The van der Waals surface area contributed by atoms with Crippen LogP contribution in [0.25, 0.3) is 0 Å². The first kappa shape index (κ1) is 20.7. The minimum Gasteiger partial charge on any atom is -0.456 e. The van der Waals surface area contributed by atoms with Crippen LogP contribution in [0.2, 0.25) is 10.0 Å². The zero-order valence-electron chi connectivity index (χ0n) is 14.6. The molecule has 0 aliphatic carbocycles. The minimum absolute atomic E-state index is 0.0471. The second-order valence-corrected chi connectivity index (χ2v) is 6.59. The molecule has 0 aliphatic rings. The molecule has 2 aromatic rings. The summed E-state index contributed by atoms with van der Waals surface area (Å²) in [5, 5.41) is 5.91. The summed E-state index contributed by atoms with van der Waals surface area (Å²) >= 11 is 11.8. The largest absolute Gasteiger partial charge is 0.456 e. The number of carbonyl (C=O) groups is 3. The Bertz CT molecular complexity index is 855. The fourth-order valence-electron chi connectivity index (χ4n) is 2.16. The van der Waals surface area contributed by atoms with Gasteiger partial charge in [0.15, 0.2) is 6.61 Å².